The molecular weight excluding hydrogens is 397 g/mol. The van der Waals surface area contributed by atoms with E-state index >= 15 is 0 Å². The summed E-state index contributed by atoms with van der Waals surface area (Å²) in [7, 11) is 0. The van der Waals surface area contributed by atoms with Crippen molar-refractivity contribution in [3.05, 3.63) is 48.1 Å². The van der Waals surface area contributed by atoms with E-state index in [1.165, 1.54) is 44.5 Å². The van der Waals surface area contributed by atoms with Gasteiger partial charge in [0.1, 0.15) is 11.7 Å². The summed E-state index contributed by atoms with van der Waals surface area (Å²) in [6.45, 7) is 6.44. The maximum Gasteiger partial charge on any atom is 0.165 e. The summed E-state index contributed by atoms with van der Waals surface area (Å²) in [6.07, 6.45) is 10.1. The number of thioether (sulfide) groups is 1. The van der Waals surface area contributed by atoms with Gasteiger partial charge in [-0.2, -0.15) is 0 Å². The first-order chi connectivity index (χ1) is 14.7. The SMILES string of the molecule is CSc1nc(-c2ccc(F)cc2)c(C2C=CNC(=NCCN3CCCCC3)C2C)[nH]1. The van der Waals surface area contributed by atoms with Gasteiger partial charge in [0.25, 0.3) is 0 Å². The van der Waals surface area contributed by atoms with Gasteiger partial charge in [0, 0.05) is 23.9 Å². The van der Waals surface area contributed by atoms with Gasteiger partial charge in [0.15, 0.2) is 5.16 Å². The van der Waals surface area contributed by atoms with Gasteiger partial charge in [-0.25, -0.2) is 9.37 Å². The Morgan fingerprint density at radius 2 is 1.97 bits per heavy atom. The average Bonchev–Trinajstić information content (AvgIpc) is 3.20. The van der Waals surface area contributed by atoms with Gasteiger partial charge in [-0.3, -0.25) is 4.99 Å². The Morgan fingerprint density at radius 1 is 1.20 bits per heavy atom. The highest BCUT2D eigenvalue weighted by molar-refractivity contribution is 7.98. The highest BCUT2D eigenvalue weighted by Crippen LogP contribution is 2.36. The molecule has 3 heterocycles. The molecule has 0 aliphatic carbocycles. The first-order valence-corrected chi connectivity index (χ1v) is 12.0. The lowest BCUT2D eigenvalue weighted by Gasteiger charge is -2.28. The largest absolute Gasteiger partial charge is 0.350 e. The fourth-order valence-electron chi connectivity index (χ4n) is 4.27. The summed E-state index contributed by atoms with van der Waals surface area (Å²) < 4.78 is 13.4. The third-order valence-corrected chi connectivity index (χ3v) is 6.59. The molecule has 2 aliphatic heterocycles. The van der Waals surface area contributed by atoms with E-state index in [4.69, 9.17) is 9.98 Å². The minimum absolute atomic E-state index is 0.133. The molecular formula is C23H30FN5S. The van der Waals surface area contributed by atoms with Crippen molar-refractivity contribution < 1.29 is 4.39 Å². The molecule has 0 amide bonds. The number of imidazole rings is 1. The van der Waals surface area contributed by atoms with Crippen molar-refractivity contribution in [2.24, 2.45) is 10.9 Å². The van der Waals surface area contributed by atoms with Gasteiger partial charge in [-0.05, 0) is 62.7 Å². The number of aromatic amines is 1. The number of halogens is 1. The lowest BCUT2D eigenvalue weighted by atomic mass is 9.86. The average molecular weight is 428 g/mol. The van der Waals surface area contributed by atoms with E-state index in [1.54, 1.807) is 23.9 Å². The van der Waals surface area contributed by atoms with Crippen LogP contribution in [0.4, 0.5) is 4.39 Å². The molecule has 0 spiro atoms. The van der Waals surface area contributed by atoms with Crippen LogP contribution < -0.4 is 5.32 Å². The second-order valence-corrected chi connectivity index (χ2v) is 8.80. The Kier molecular flexibility index (Phi) is 6.89. The van der Waals surface area contributed by atoms with Crippen LogP contribution in [0.1, 0.15) is 37.8 Å². The Balaban J connectivity index is 1.54. The number of H-pyrrole nitrogens is 1. The van der Waals surface area contributed by atoms with E-state index in [0.29, 0.717) is 0 Å². The fraction of sp³-hybridized carbons (Fsp3) is 0.478. The predicted octanol–water partition coefficient (Wildman–Crippen LogP) is 4.66. The first-order valence-electron chi connectivity index (χ1n) is 10.8. The molecule has 1 fully saturated rings. The molecule has 1 aromatic carbocycles. The molecule has 1 aromatic heterocycles. The number of benzene rings is 1. The smallest absolute Gasteiger partial charge is 0.165 e. The third kappa shape index (κ3) is 4.78. The maximum atomic E-state index is 13.4. The lowest BCUT2D eigenvalue weighted by Crippen LogP contribution is -2.35. The first kappa shape index (κ1) is 21.1. The highest BCUT2D eigenvalue weighted by atomic mass is 32.2. The van der Waals surface area contributed by atoms with Crippen LogP contribution in [0, 0.1) is 11.7 Å². The number of nitrogens with one attached hydrogen (secondary N) is 2. The van der Waals surface area contributed by atoms with Gasteiger partial charge in [-0.15, -0.1) is 0 Å². The quantitative estimate of drug-likeness (QED) is 0.659. The lowest BCUT2D eigenvalue weighted by molar-refractivity contribution is 0.235. The molecule has 2 atom stereocenters. The summed E-state index contributed by atoms with van der Waals surface area (Å²) in [5, 5.41) is 4.22. The van der Waals surface area contributed by atoms with Crippen LogP contribution in [-0.2, 0) is 0 Å². The monoisotopic (exact) mass is 427 g/mol. The van der Waals surface area contributed by atoms with E-state index in [0.717, 1.165) is 41.0 Å². The van der Waals surface area contributed by atoms with Crippen molar-refractivity contribution in [2.45, 2.75) is 37.3 Å². The Labute approximate surface area is 182 Å². The van der Waals surface area contributed by atoms with E-state index in [1.807, 2.05) is 12.5 Å². The van der Waals surface area contributed by atoms with Crippen LogP contribution in [0.15, 0.2) is 46.7 Å². The zero-order valence-electron chi connectivity index (χ0n) is 17.7. The summed E-state index contributed by atoms with van der Waals surface area (Å²) in [4.78, 5) is 15.7. The zero-order chi connectivity index (χ0) is 20.9. The van der Waals surface area contributed by atoms with E-state index in [2.05, 4.69) is 28.2 Å². The third-order valence-electron chi connectivity index (χ3n) is 6.01. The van der Waals surface area contributed by atoms with Crippen LogP contribution in [0.25, 0.3) is 11.3 Å². The molecule has 2 N–H and O–H groups in total. The molecule has 5 nitrogen and oxygen atoms in total. The minimum Gasteiger partial charge on any atom is -0.350 e. The fourth-order valence-corrected chi connectivity index (χ4v) is 4.66. The van der Waals surface area contributed by atoms with Crippen LogP contribution >= 0.6 is 11.8 Å². The predicted molar refractivity (Wildman–Crippen MR) is 123 cm³/mol. The van der Waals surface area contributed by atoms with Gasteiger partial charge in [0.2, 0.25) is 0 Å². The van der Waals surface area contributed by atoms with Crippen molar-refractivity contribution in [1.29, 1.82) is 0 Å². The van der Waals surface area contributed by atoms with Crippen molar-refractivity contribution in [3.63, 3.8) is 0 Å². The number of piperidine rings is 1. The van der Waals surface area contributed by atoms with Crippen LogP contribution in [0.3, 0.4) is 0 Å². The van der Waals surface area contributed by atoms with Crippen LogP contribution in [-0.4, -0.2) is 53.1 Å². The summed E-state index contributed by atoms with van der Waals surface area (Å²) in [6, 6.07) is 6.56. The molecule has 30 heavy (non-hydrogen) atoms. The summed E-state index contributed by atoms with van der Waals surface area (Å²) >= 11 is 1.58. The molecule has 7 heteroatoms. The molecule has 1 saturated heterocycles. The number of hydrogen-bond donors (Lipinski definition) is 2. The Morgan fingerprint density at radius 3 is 2.70 bits per heavy atom. The van der Waals surface area contributed by atoms with E-state index < -0.39 is 0 Å². The number of aliphatic imine (C=N–C) groups is 1. The van der Waals surface area contributed by atoms with Gasteiger partial charge in [0.05, 0.1) is 17.9 Å². The number of amidine groups is 1. The molecule has 2 aromatic rings. The topological polar surface area (TPSA) is 56.3 Å². The van der Waals surface area contributed by atoms with Gasteiger partial charge in [-0.1, -0.05) is 31.2 Å². The normalized spacial score (nSPS) is 23.6. The molecule has 0 bridgehead atoms. The number of hydrogen-bond acceptors (Lipinski definition) is 4. The number of aromatic nitrogens is 2. The molecule has 160 valence electrons. The minimum atomic E-state index is -0.237. The molecule has 2 unspecified atom stereocenters. The Hall–Kier alpha value is -2.12. The molecule has 0 radical (unpaired) electrons. The number of likely N-dealkylation sites (tertiary alicyclic amines) is 1. The second-order valence-electron chi connectivity index (χ2n) is 8.00. The number of nitrogens with zero attached hydrogens (tertiary/aromatic N) is 3. The summed E-state index contributed by atoms with van der Waals surface area (Å²) in [5.74, 6) is 1.11. The van der Waals surface area contributed by atoms with Crippen LogP contribution in [0.5, 0.6) is 0 Å². The standard InChI is InChI=1S/C23H30FN5S/c1-16-19(10-11-25-22(16)26-12-15-29-13-4-3-5-14-29)21-20(27-23(28-21)30-2)17-6-8-18(24)9-7-17/h6-11,16,19H,3-5,12-15H2,1-2H3,(H,25,26)(H,27,28). The van der Waals surface area contributed by atoms with Crippen molar-refractivity contribution in [2.75, 3.05) is 32.4 Å². The molecule has 2 aliphatic rings. The molecule has 0 saturated carbocycles. The Bertz CT molecular complexity index is 899. The summed E-state index contributed by atoms with van der Waals surface area (Å²) in [5.41, 5.74) is 2.86. The van der Waals surface area contributed by atoms with E-state index in [-0.39, 0.29) is 17.7 Å². The van der Waals surface area contributed by atoms with E-state index in [9.17, 15) is 4.39 Å². The maximum absolute atomic E-state index is 13.4. The van der Waals surface area contributed by atoms with Crippen LogP contribution in [0.2, 0.25) is 0 Å². The van der Waals surface area contributed by atoms with Crippen molar-refractivity contribution in [1.82, 2.24) is 20.2 Å². The second kappa shape index (κ2) is 9.79. The van der Waals surface area contributed by atoms with Crippen molar-refractivity contribution >= 4 is 17.6 Å². The van der Waals surface area contributed by atoms with Gasteiger partial charge < -0.3 is 15.2 Å². The highest BCUT2D eigenvalue weighted by Gasteiger charge is 2.29. The number of allylic oxidation sites excluding steroid dienone is 1. The van der Waals surface area contributed by atoms with Gasteiger partial charge >= 0.3 is 0 Å². The number of rotatable bonds is 6. The molecule has 4 rings (SSSR count). The zero-order valence-corrected chi connectivity index (χ0v) is 18.5. The van der Waals surface area contributed by atoms with Crippen molar-refractivity contribution in [3.8, 4) is 11.3 Å².